The number of phenols is 2. The Hall–Kier alpha value is -1.26. The lowest BCUT2D eigenvalue weighted by Crippen LogP contribution is -2.20. The van der Waals surface area contributed by atoms with Crippen molar-refractivity contribution in [2.45, 2.75) is 26.3 Å². The Morgan fingerprint density at radius 3 is 2.56 bits per heavy atom. The molecule has 0 spiro atoms. The van der Waals surface area contributed by atoms with Gasteiger partial charge in [0.2, 0.25) is 0 Å². The summed E-state index contributed by atoms with van der Waals surface area (Å²) in [5.41, 5.74) is 8.28. The van der Waals surface area contributed by atoms with Gasteiger partial charge in [-0.25, -0.2) is 0 Å². The molecule has 1 aromatic rings. The van der Waals surface area contributed by atoms with Crippen LogP contribution in [0.5, 0.6) is 11.5 Å². The maximum atomic E-state index is 10.1. The van der Waals surface area contributed by atoms with Gasteiger partial charge >= 0.3 is 0 Å². The molecule has 1 aromatic carbocycles. The number of nitrogens with two attached hydrogens (primary N) is 1. The fourth-order valence-electron chi connectivity index (χ4n) is 2.80. The van der Waals surface area contributed by atoms with E-state index in [0.717, 1.165) is 29.7 Å². The van der Waals surface area contributed by atoms with Gasteiger partial charge < -0.3 is 15.9 Å². The lowest BCUT2D eigenvalue weighted by atomic mass is 9.95. The van der Waals surface area contributed by atoms with E-state index in [4.69, 9.17) is 5.73 Å². The van der Waals surface area contributed by atoms with Crippen LogP contribution in [0.1, 0.15) is 29.2 Å². The van der Waals surface area contributed by atoms with Crippen LogP contribution in [0, 0.1) is 19.8 Å². The fourth-order valence-corrected chi connectivity index (χ4v) is 2.80. The standard InChI is InChI=1S/C14H22N2O2/c1-8-4-11(14(18)13(17)9(8)2)12-5-10(6-15)7-16(12)3/h4,10,12,17-18H,5-7,15H2,1-3H3. The van der Waals surface area contributed by atoms with Crippen molar-refractivity contribution in [3.05, 3.63) is 22.8 Å². The Kier molecular flexibility index (Phi) is 3.50. The second-order valence-electron chi connectivity index (χ2n) is 5.40. The van der Waals surface area contributed by atoms with E-state index in [1.165, 1.54) is 0 Å². The zero-order chi connectivity index (χ0) is 13.4. The smallest absolute Gasteiger partial charge is 0.162 e. The van der Waals surface area contributed by atoms with E-state index in [2.05, 4.69) is 4.90 Å². The monoisotopic (exact) mass is 250 g/mol. The molecule has 1 aliphatic heterocycles. The molecule has 1 heterocycles. The molecule has 0 bridgehead atoms. The molecule has 0 radical (unpaired) electrons. The van der Waals surface area contributed by atoms with Gasteiger partial charge in [0.25, 0.3) is 0 Å². The number of aromatic hydroxyl groups is 2. The summed E-state index contributed by atoms with van der Waals surface area (Å²) < 4.78 is 0. The van der Waals surface area contributed by atoms with E-state index >= 15 is 0 Å². The highest BCUT2D eigenvalue weighted by molar-refractivity contribution is 5.54. The third-order valence-electron chi connectivity index (χ3n) is 4.14. The molecule has 1 saturated heterocycles. The van der Waals surface area contributed by atoms with Gasteiger partial charge in [-0.05, 0) is 50.9 Å². The van der Waals surface area contributed by atoms with E-state index in [1.54, 1.807) is 0 Å². The minimum absolute atomic E-state index is 0.00889. The number of hydrogen-bond acceptors (Lipinski definition) is 4. The van der Waals surface area contributed by atoms with Crippen molar-refractivity contribution >= 4 is 0 Å². The van der Waals surface area contributed by atoms with E-state index in [9.17, 15) is 10.2 Å². The molecule has 0 aliphatic carbocycles. The lowest BCUT2D eigenvalue weighted by molar-refractivity contribution is 0.301. The average molecular weight is 250 g/mol. The van der Waals surface area contributed by atoms with Crippen LogP contribution < -0.4 is 5.73 Å². The molecule has 4 N–H and O–H groups in total. The van der Waals surface area contributed by atoms with E-state index < -0.39 is 0 Å². The summed E-state index contributed by atoms with van der Waals surface area (Å²) in [6.45, 7) is 5.37. The highest BCUT2D eigenvalue weighted by Crippen LogP contribution is 2.43. The molecule has 1 aliphatic rings. The minimum atomic E-state index is 0.00889. The Morgan fingerprint density at radius 2 is 2.00 bits per heavy atom. The van der Waals surface area contributed by atoms with Gasteiger partial charge in [0, 0.05) is 18.2 Å². The molecule has 2 atom stereocenters. The second kappa shape index (κ2) is 4.78. The van der Waals surface area contributed by atoms with Gasteiger partial charge in [-0.2, -0.15) is 0 Å². The molecule has 2 unspecified atom stereocenters. The molecule has 100 valence electrons. The maximum Gasteiger partial charge on any atom is 0.162 e. The number of aryl methyl sites for hydroxylation is 1. The first-order valence-electron chi connectivity index (χ1n) is 6.38. The summed E-state index contributed by atoms with van der Waals surface area (Å²) in [4.78, 5) is 2.20. The van der Waals surface area contributed by atoms with Crippen molar-refractivity contribution < 1.29 is 10.2 Å². The Balaban J connectivity index is 2.40. The van der Waals surface area contributed by atoms with Crippen molar-refractivity contribution in [1.29, 1.82) is 0 Å². The molecule has 4 heteroatoms. The van der Waals surface area contributed by atoms with Crippen LogP contribution in [-0.2, 0) is 0 Å². The highest BCUT2D eigenvalue weighted by atomic mass is 16.3. The lowest BCUT2D eigenvalue weighted by Gasteiger charge is -2.22. The maximum absolute atomic E-state index is 10.1. The van der Waals surface area contributed by atoms with Gasteiger partial charge in [-0.15, -0.1) is 0 Å². The largest absolute Gasteiger partial charge is 0.504 e. The van der Waals surface area contributed by atoms with Gasteiger partial charge in [-0.3, -0.25) is 4.90 Å². The van der Waals surface area contributed by atoms with E-state index in [1.807, 2.05) is 27.0 Å². The van der Waals surface area contributed by atoms with Crippen LogP contribution >= 0.6 is 0 Å². The fraction of sp³-hybridized carbons (Fsp3) is 0.571. The summed E-state index contributed by atoms with van der Waals surface area (Å²) in [5, 5.41) is 20.1. The zero-order valence-corrected chi connectivity index (χ0v) is 11.3. The molecular weight excluding hydrogens is 228 g/mol. The molecule has 0 amide bonds. The van der Waals surface area contributed by atoms with Crippen LogP contribution in [0.2, 0.25) is 0 Å². The summed E-state index contributed by atoms with van der Waals surface area (Å²) >= 11 is 0. The molecule has 2 rings (SSSR count). The number of benzene rings is 1. The highest BCUT2D eigenvalue weighted by Gasteiger charge is 2.32. The van der Waals surface area contributed by atoms with Gasteiger partial charge in [0.1, 0.15) is 0 Å². The number of phenolic OH excluding ortho intramolecular Hbond substituents is 2. The first-order valence-corrected chi connectivity index (χ1v) is 6.38. The molecule has 4 nitrogen and oxygen atoms in total. The van der Waals surface area contributed by atoms with Gasteiger partial charge in [0.15, 0.2) is 11.5 Å². The topological polar surface area (TPSA) is 69.7 Å². The van der Waals surface area contributed by atoms with Crippen molar-refractivity contribution in [3.63, 3.8) is 0 Å². The summed E-state index contributed by atoms with van der Waals surface area (Å²) in [6, 6.07) is 2.12. The van der Waals surface area contributed by atoms with E-state index in [0.29, 0.717) is 12.5 Å². The minimum Gasteiger partial charge on any atom is -0.504 e. The van der Waals surface area contributed by atoms with Crippen molar-refractivity contribution in [3.8, 4) is 11.5 Å². The summed E-state index contributed by atoms with van der Waals surface area (Å²) in [6.07, 6.45) is 0.933. The van der Waals surface area contributed by atoms with Crippen LogP contribution in [0.15, 0.2) is 6.07 Å². The molecular formula is C14H22N2O2. The number of likely N-dealkylation sites (tertiary alicyclic amines) is 1. The average Bonchev–Trinajstić information content (AvgIpc) is 2.72. The SMILES string of the molecule is Cc1cc(C2CC(CN)CN2C)c(O)c(O)c1C. The first-order chi connectivity index (χ1) is 8.45. The van der Waals surface area contributed by atoms with Crippen molar-refractivity contribution in [2.24, 2.45) is 11.7 Å². The van der Waals surface area contributed by atoms with Gasteiger partial charge in [-0.1, -0.05) is 6.07 Å². The Labute approximate surface area is 108 Å². The predicted octanol–water partition coefficient (Wildman–Crippen LogP) is 1.67. The molecule has 0 aromatic heterocycles. The first kappa shape index (κ1) is 13.2. The van der Waals surface area contributed by atoms with Gasteiger partial charge in [0.05, 0.1) is 0 Å². The van der Waals surface area contributed by atoms with Crippen molar-refractivity contribution in [1.82, 2.24) is 4.90 Å². The number of hydrogen-bond donors (Lipinski definition) is 3. The summed E-state index contributed by atoms with van der Waals surface area (Å²) in [5.74, 6) is 0.491. The van der Waals surface area contributed by atoms with E-state index in [-0.39, 0.29) is 17.5 Å². The molecule has 0 saturated carbocycles. The Morgan fingerprint density at radius 1 is 1.33 bits per heavy atom. The van der Waals surface area contributed by atoms with Crippen LogP contribution in [0.25, 0.3) is 0 Å². The predicted molar refractivity (Wildman–Crippen MR) is 71.8 cm³/mol. The Bertz CT molecular complexity index is 460. The van der Waals surface area contributed by atoms with Crippen LogP contribution in [0.4, 0.5) is 0 Å². The normalized spacial score (nSPS) is 24.7. The van der Waals surface area contributed by atoms with Crippen LogP contribution in [0.3, 0.4) is 0 Å². The third kappa shape index (κ3) is 2.06. The molecule has 1 fully saturated rings. The van der Waals surface area contributed by atoms with Crippen LogP contribution in [-0.4, -0.2) is 35.3 Å². The third-order valence-corrected chi connectivity index (χ3v) is 4.14. The quantitative estimate of drug-likeness (QED) is 0.698. The molecule has 18 heavy (non-hydrogen) atoms. The van der Waals surface area contributed by atoms with Crippen molar-refractivity contribution in [2.75, 3.05) is 20.1 Å². The number of nitrogens with zero attached hydrogens (tertiary/aromatic N) is 1. The summed E-state index contributed by atoms with van der Waals surface area (Å²) in [7, 11) is 2.03. The second-order valence-corrected chi connectivity index (χ2v) is 5.40. The number of rotatable bonds is 2. The zero-order valence-electron chi connectivity index (χ0n) is 11.3.